The number of carbonyl (C=O) groups excluding carboxylic acids is 1. The zero-order valence-electron chi connectivity index (χ0n) is 15.9. The Morgan fingerprint density at radius 3 is 2.46 bits per heavy atom. The number of amides is 1. The zero-order chi connectivity index (χ0) is 20.5. The van der Waals surface area contributed by atoms with Gasteiger partial charge in [-0.2, -0.15) is 4.99 Å². The van der Waals surface area contributed by atoms with Crippen LogP contribution in [0.15, 0.2) is 46.3 Å². The molecule has 1 heterocycles. The Labute approximate surface area is 167 Å². The lowest BCUT2D eigenvalue weighted by Crippen LogP contribution is -2.14. The second-order valence-electron chi connectivity index (χ2n) is 6.73. The van der Waals surface area contributed by atoms with Crippen molar-refractivity contribution < 1.29 is 17.6 Å². The van der Waals surface area contributed by atoms with Crippen molar-refractivity contribution in [3.05, 3.63) is 58.1 Å². The maximum Gasteiger partial charge on any atom is 0.248 e. The molecule has 148 valence electrons. The third-order valence-corrected chi connectivity index (χ3v) is 7.53. The van der Waals surface area contributed by atoms with E-state index >= 15 is 0 Å². The molecular formula is C20H21FN2O3S2. The second kappa shape index (κ2) is 7.97. The Kier molecular flexibility index (Phi) is 5.81. The van der Waals surface area contributed by atoms with Gasteiger partial charge in [0.1, 0.15) is 5.82 Å². The average Bonchev–Trinajstić information content (AvgIpc) is 2.91. The Morgan fingerprint density at radius 1 is 1.14 bits per heavy atom. The minimum absolute atomic E-state index is 0.0344. The molecule has 1 aromatic heterocycles. The average molecular weight is 421 g/mol. The molecule has 0 fully saturated rings. The molecule has 0 saturated carbocycles. The predicted molar refractivity (Wildman–Crippen MR) is 109 cm³/mol. The molecule has 0 aliphatic heterocycles. The number of carbonyl (C=O) groups is 1. The summed E-state index contributed by atoms with van der Waals surface area (Å²) in [6.07, 6.45) is 0.196. The number of hydrogen-bond acceptors (Lipinski definition) is 4. The Bertz CT molecular complexity index is 1210. The van der Waals surface area contributed by atoms with Crippen LogP contribution in [0.1, 0.15) is 24.0 Å². The molecule has 0 saturated heterocycles. The number of aryl methyl sites for hydroxylation is 3. The van der Waals surface area contributed by atoms with E-state index in [1.54, 1.807) is 0 Å². The van der Waals surface area contributed by atoms with Gasteiger partial charge in [-0.1, -0.05) is 11.3 Å². The number of rotatable bonds is 5. The molecule has 0 aliphatic carbocycles. The van der Waals surface area contributed by atoms with E-state index in [-0.39, 0.29) is 29.4 Å². The van der Waals surface area contributed by atoms with Crippen LogP contribution in [0.25, 0.3) is 10.2 Å². The zero-order valence-corrected chi connectivity index (χ0v) is 17.5. The normalized spacial score (nSPS) is 12.6. The largest absolute Gasteiger partial charge is 0.319 e. The van der Waals surface area contributed by atoms with Gasteiger partial charge in [0.25, 0.3) is 0 Å². The van der Waals surface area contributed by atoms with Crippen molar-refractivity contribution in [2.75, 3.05) is 5.75 Å². The molecule has 0 unspecified atom stereocenters. The van der Waals surface area contributed by atoms with Crippen LogP contribution < -0.4 is 4.80 Å². The van der Waals surface area contributed by atoms with Crippen LogP contribution in [0.3, 0.4) is 0 Å². The summed E-state index contributed by atoms with van der Waals surface area (Å²) in [6, 6.07) is 8.83. The number of aromatic nitrogens is 1. The molecular weight excluding hydrogens is 399 g/mol. The molecule has 0 bridgehead atoms. The third-order valence-electron chi connectivity index (χ3n) is 4.62. The minimum Gasteiger partial charge on any atom is -0.319 e. The van der Waals surface area contributed by atoms with E-state index in [1.165, 1.54) is 34.6 Å². The van der Waals surface area contributed by atoms with Crippen molar-refractivity contribution in [3.8, 4) is 0 Å². The van der Waals surface area contributed by atoms with Gasteiger partial charge in [-0.3, -0.25) is 4.79 Å². The molecule has 0 N–H and O–H groups in total. The Balaban J connectivity index is 1.71. The number of halogens is 1. The first kappa shape index (κ1) is 20.4. The van der Waals surface area contributed by atoms with Gasteiger partial charge in [0, 0.05) is 13.5 Å². The summed E-state index contributed by atoms with van der Waals surface area (Å²) in [5, 5.41) is 0. The molecule has 5 nitrogen and oxygen atoms in total. The van der Waals surface area contributed by atoms with Crippen LogP contribution in [-0.2, 0) is 21.7 Å². The van der Waals surface area contributed by atoms with Crippen molar-refractivity contribution >= 4 is 37.3 Å². The number of fused-ring (bicyclic) bond motifs is 1. The minimum atomic E-state index is -3.55. The number of thiazole rings is 1. The van der Waals surface area contributed by atoms with Crippen LogP contribution in [0.4, 0.5) is 4.39 Å². The summed E-state index contributed by atoms with van der Waals surface area (Å²) in [6.45, 7) is 4.08. The van der Waals surface area contributed by atoms with Crippen LogP contribution in [0.2, 0.25) is 0 Å². The maximum atomic E-state index is 12.9. The molecule has 0 spiro atoms. The fraction of sp³-hybridized carbons (Fsp3) is 0.300. The molecule has 28 heavy (non-hydrogen) atoms. The van der Waals surface area contributed by atoms with Gasteiger partial charge in [0.2, 0.25) is 5.91 Å². The molecule has 3 aromatic rings. The monoisotopic (exact) mass is 420 g/mol. The third kappa shape index (κ3) is 4.39. The van der Waals surface area contributed by atoms with Gasteiger partial charge in [-0.05, 0) is 67.8 Å². The highest BCUT2D eigenvalue weighted by molar-refractivity contribution is 7.91. The highest BCUT2D eigenvalue weighted by atomic mass is 32.2. The molecule has 1 amide bonds. The topological polar surface area (TPSA) is 68.5 Å². The molecule has 3 rings (SSSR count). The summed E-state index contributed by atoms with van der Waals surface area (Å²) in [7, 11) is -1.69. The highest BCUT2D eigenvalue weighted by Crippen LogP contribution is 2.21. The number of hydrogen-bond donors (Lipinski definition) is 0. The van der Waals surface area contributed by atoms with Crippen molar-refractivity contribution in [1.29, 1.82) is 0 Å². The van der Waals surface area contributed by atoms with E-state index in [9.17, 15) is 17.6 Å². The first-order valence-electron chi connectivity index (χ1n) is 8.80. The fourth-order valence-electron chi connectivity index (χ4n) is 2.82. The molecule has 0 radical (unpaired) electrons. The van der Waals surface area contributed by atoms with Gasteiger partial charge < -0.3 is 4.57 Å². The number of benzene rings is 2. The Morgan fingerprint density at radius 2 is 1.79 bits per heavy atom. The Hall–Kier alpha value is -2.32. The van der Waals surface area contributed by atoms with E-state index in [0.717, 1.165) is 22.3 Å². The standard InChI is InChI=1S/C20H21FN2O3S2/c1-13-11-17-18(12-14(13)2)27-20(23(17)3)22-19(24)5-4-10-28(25,26)16-8-6-15(21)7-9-16/h6-9,11-12H,4-5,10H2,1-3H3. The van der Waals surface area contributed by atoms with Gasteiger partial charge in [0.05, 0.1) is 20.9 Å². The highest BCUT2D eigenvalue weighted by Gasteiger charge is 2.15. The van der Waals surface area contributed by atoms with Crippen molar-refractivity contribution in [2.24, 2.45) is 12.0 Å². The van der Waals surface area contributed by atoms with Crippen LogP contribution in [0.5, 0.6) is 0 Å². The van der Waals surface area contributed by atoms with Crippen molar-refractivity contribution in [1.82, 2.24) is 4.57 Å². The summed E-state index contributed by atoms with van der Waals surface area (Å²) in [4.78, 5) is 17.0. The van der Waals surface area contributed by atoms with Gasteiger partial charge in [-0.15, -0.1) is 0 Å². The van der Waals surface area contributed by atoms with E-state index in [1.807, 2.05) is 25.5 Å². The SMILES string of the molecule is Cc1cc2sc(=NC(=O)CCCS(=O)(=O)c3ccc(F)cc3)n(C)c2cc1C. The van der Waals surface area contributed by atoms with Crippen LogP contribution in [-0.4, -0.2) is 24.6 Å². The second-order valence-corrected chi connectivity index (χ2v) is 9.85. The maximum absolute atomic E-state index is 12.9. The summed E-state index contributed by atoms with van der Waals surface area (Å²) in [5.74, 6) is -1.03. The summed E-state index contributed by atoms with van der Waals surface area (Å²) >= 11 is 1.43. The quantitative estimate of drug-likeness (QED) is 0.592. The van der Waals surface area contributed by atoms with E-state index in [0.29, 0.717) is 4.80 Å². The first-order valence-corrected chi connectivity index (χ1v) is 11.3. The van der Waals surface area contributed by atoms with E-state index in [4.69, 9.17) is 0 Å². The van der Waals surface area contributed by atoms with Crippen LogP contribution in [0, 0.1) is 19.7 Å². The lowest BCUT2D eigenvalue weighted by molar-refractivity contribution is -0.118. The van der Waals surface area contributed by atoms with Gasteiger partial charge in [0.15, 0.2) is 14.6 Å². The molecule has 2 aromatic carbocycles. The lowest BCUT2D eigenvalue weighted by atomic mass is 10.1. The van der Waals surface area contributed by atoms with Crippen LogP contribution >= 0.6 is 11.3 Å². The predicted octanol–water partition coefficient (Wildman–Crippen LogP) is 3.68. The molecule has 8 heteroatoms. The van der Waals surface area contributed by atoms with Gasteiger partial charge in [-0.25, -0.2) is 12.8 Å². The van der Waals surface area contributed by atoms with Crippen molar-refractivity contribution in [3.63, 3.8) is 0 Å². The summed E-state index contributed by atoms with van der Waals surface area (Å²) < 4.78 is 40.4. The van der Waals surface area contributed by atoms with Gasteiger partial charge >= 0.3 is 0 Å². The molecule has 0 aliphatic rings. The van der Waals surface area contributed by atoms with E-state index < -0.39 is 15.7 Å². The lowest BCUT2D eigenvalue weighted by Gasteiger charge is -2.03. The number of nitrogens with zero attached hydrogens (tertiary/aromatic N) is 2. The van der Waals surface area contributed by atoms with E-state index in [2.05, 4.69) is 17.1 Å². The smallest absolute Gasteiger partial charge is 0.248 e. The van der Waals surface area contributed by atoms with Crippen molar-refractivity contribution in [2.45, 2.75) is 31.6 Å². The first-order chi connectivity index (χ1) is 13.2. The summed E-state index contributed by atoms with van der Waals surface area (Å²) in [5.41, 5.74) is 3.36. The molecule has 0 atom stereocenters. The number of sulfone groups is 1. The fourth-order valence-corrected chi connectivity index (χ4v) is 5.25.